The number of nitrogens with one attached hydrogen (secondary N) is 3. The minimum absolute atomic E-state index is 0.199. The lowest BCUT2D eigenvalue weighted by molar-refractivity contribution is 0.417. The summed E-state index contributed by atoms with van der Waals surface area (Å²) in [7, 11) is 3.18. The van der Waals surface area contributed by atoms with E-state index in [0.717, 1.165) is 0 Å². The third kappa shape index (κ3) is 3.25. The first kappa shape index (κ1) is 17.9. The Morgan fingerprint density at radius 3 is 2.71 bits per heavy atom. The number of aromatic nitrogens is 4. The highest BCUT2D eigenvalue weighted by atomic mass is 35.5. The number of fused-ring (bicyclic) bond motifs is 1. The SMILES string of the molecule is COc1c(Cl)cccc1Nc1cc(Nc2ccccn2)nc2[nH]n(C)c(=O)c12. The molecule has 28 heavy (non-hydrogen) atoms. The van der Waals surface area contributed by atoms with Gasteiger partial charge in [0, 0.05) is 19.3 Å². The van der Waals surface area contributed by atoms with Crippen LogP contribution >= 0.6 is 11.6 Å². The Balaban J connectivity index is 1.84. The van der Waals surface area contributed by atoms with Crippen molar-refractivity contribution in [1.82, 2.24) is 19.7 Å². The van der Waals surface area contributed by atoms with Crippen molar-refractivity contribution < 1.29 is 4.74 Å². The number of anilines is 4. The van der Waals surface area contributed by atoms with Crippen LogP contribution < -0.4 is 20.9 Å². The molecule has 0 aliphatic rings. The van der Waals surface area contributed by atoms with E-state index in [0.29, 0.717) is 44.8 Å². The maximum absolute atomic E-state index is 12.6. The van der Waals surface area contributed by atoms with E-state index >= 15 is 0 Å². The zero-order valence-corrected chi connectivity index (χ0v) is 15.9. The summed E-state index contributed by atoms with van der Waals surface area (Å²) in [6.07, 6.45) is 1.68. The van der Waals surface area contributed by atoms with Crippen LogP contribution in [0.1, 0.15) is 0 Å². The molecule has 142 valence electrons. The number of methoxy groups -OCH3 is 1. The van der Waals surface area contributed by atoms with Gasteiger partial charge in [0.15, 0.2) is 11.4 Å². The van der Waals surface area contributed by atoms with Crippen LogP contribution in [0.2, 0.25) is 5.02 Å². The van der Waals surface area contributed by atoms with Crippen LogP contribution in [-0.4, -0.2) is 26.9 Å². The van der Waals surface area contributed by atoms with E-state index in [1.54, 1.807) is 31.4 Å². The van der Waals surface area contributed by atoms with Gasteiger partial charge in [-0.05, 0) is 24.3 Å². The summed E-state index contributed by atoms with van der Waals surface area (Å²) in [5.74, 6) is 1.65. The van der Waals surface area contributed by atoms with E-state index in [4.69, 9.17) is 16.3 Å². The number of H-pyrrole nitrogens is 1. The summed E-state index contributed by atoms with van der Waals surface area (Å²) >= 11 is 6.22. The lowest BCUT2D eigenvalue weighted by atomic mass is 10.2. The Morgan fingerprint density at radius 1 is 1.11 bits per heavy atom. The number of rotatable bonds is 5. The minimum atomic E-state index is -0.199. The molecule has 4 aromatic rings. The molecule has 3 aromatic heterocycles. The summed E-state index contributed by atoms with van der Waals surface area (Å²) in [6, 6.07) is 12.6. The Morgan fingerprint density at radius 2 is 1.96 bits per heavy atom. The van der Waals surface area contributed by atoms with Crippen molar-refractivity contribution in [2.75, 3.05) is 17.7 Å². The number of hydrogen-bond donors (Lipinski definition) is 3. The summed E-state index contributed by atoms with van der Waals surface area (Å²) in [6.45, 7) is 0. The van der Waals surface area contributed by atoms with Crippen molar-refractivity contribution in [2.24, 2.45) is 7.05 Å². The molecule has 0 fully saturated rings. The average Bonchev–Trinajstić information content (AvgIpc) is 2.97. The van der Waals surface area contributed by atoms with Crippen LogP contribution in [0, 0.1) is 0 Å². The zero-order valence-electron chi connectivity index (χ0n) is 15.2. The first-order valence-electron chi connectivity index (χ1n) is 8.44. The van der Waals surface area contributed by atoms with Gasteiger partial charge in [0.2, 0.25) is 0 Å². The Bertz CT molecular complexity index is 1200. The van der Waals surface area contributed by atoms with Crippen LogP contribution in [0.5, 0.6) is 5.75 Å². The second-order valence-electron chi connectivity index (χ2n) is 6.04. The highest BCUT2D eigenvalue weighted by Crippen LogP contribution is 2.36. The van der Waals surface area contributed by atoms with Gasteiger partial charge in [0.25, 0.3) is 5.56 Å². The van der Waals surface area contributed by atoms with Crippen LogP contribution in [0.3, 0.4) is 0 Å². The molecule has 4 rings (SSSR count). The highest BCUT2D eigenvalue weighted by molar-refractivity contribution is 6.32. The molecule has 0 spiro atoms. The lowest BCUT2D eigenvalue weighted by Gasteiger charge is -2.14. The highest BCUT2D eigenvalue weighted by Gasteiger charge is 2.16. The van der Waals surface area contributed by atoms with Gasteiger partial charge in [0.05, 0.1) is 23.5 Å². The smallest absolute Gasteiger partial charge is 0.277 e. The first-order chi connectivity index (χ1) is 13.6. The molecular weight excluding hydrogens is 380 g/mol. The van der Waals surface area contributed by atoms with E-state index in [1.165, 1.54) is 11.8 Å². The largest absolute Gasteiger partial charge is 0.493 e. The molecule has 8 nitrogen and oxygen atoms in total. The number of pyridine rings is 2. The van der Waals surface area contributed by atoms with Gasteiger partial charge in [-0.2, -0.15) is 0 Å². The van der Waals surface area contributed by atoms with Crippen LogP contribution in [0.25, 0.3) is 11.0 Å². The lowest BCUT2D eigenvalue weighted by Crippen LogP contribution is -2.12. The number of halogens is 1. The van der Waals surface area contributed by atoms with Gasteiger partial charge in [-0.3, -0.25) is 14.6 Å². The second-order valence-corrected chi connectivity index (χ2v) is 6.45. The quantitative estimate of drug-likeness (QED) is 0.474. The van der Waals surface area contributed by atoms with Crippen molar-refractivity contribution in [1.29, 1.82) is 0 Å². The summed E-state index contributed by atoms with van der Waals surface area (Å²) in [5.41, 5.74) is 1.44. The van der Waals surface area contributed by atoms with Gasteiger partial charge in [-0.25, -0.2) is 9.97 Å². The number of ether oxygens (including phenoxy) is 1. The maximum Gasteiger partial charge on any atom is 0.277 e. The minimum Gasteiger partial charge on any atom is -0.493 e. The molecule has 3 N–H and O–H groups in total. The van der Waals surface area contributed by atoms with Crippen LogP contribution in [0.15, 0.2) is 53.5 Å². The molecule has 3 heterocycles. The molecule has 0 saturated carbocycles. The number of para-hydroxylation sites is 1. The molecule has 0 saturated heterocycles. The fourth-order valence-electron chi connectivity index (χ4n) is 2.91. The fourth-order valence-corrected chi connectivity index (χ4v) is 3.16. The van der Waals surface area contributed by atoms with Crippen molar-refractivity contribution in [3.8, 4) is 5.75 Å². The zero-order chi connectivity index (χ0) is 19.7. The van der Waals surface area contributed by atoms with Gasteiger partial charge in [-0.15, -0.1) is 0 Å². The van der Waals surface area contributed by atoms with Crippen molar-refractivity contribution in [3.63, 3.8) is 0 Å². The predicted octanol–water partition coefficient (Wildman–Crippen LogP) is 3.81. The maximum atomic E-state index is 12.6. The first-order valence-corrected chi connectivity index (χ1v) is 8.82. The van der Waals surface area contributed by atoms with Gasteiger partial charge < -0.3 is 15.4 Å². The van der Waals surface area contributed by atoms with Crippen molar-refractivity contribution >= 4 is 45.6 Å². The number of aryl methyl sites for hydroxylation is 1. The van der Waals surface area contributed by atoms with E-state index in [2.05, 4.69) is 25.7 Å². The van der Waals surface area contributed by atoms with E-state index < -0.39 is 0 Å². The average molecular weight is 397 g/mol. The van der Waals surface area contributed by atoms with Crippen molar-refractivity contribution in [2.45, 2.75) is 0 Å². The van der Waals surface area contributed by atoms with Crippen molar-refractivity contribution in [3.05, 3.63) is 64.0 Å². The molecule has 9 heteroatoms. The molecule has 0 aliphatic heterocycles. The normalized spacial score (nSPS) is 10.8. The van der Waals surface area contributed by atoms with Gasteiger partial charge >= 0.3 is 0 Å². The molecule has 0 bridgehead atoms. The number of hydrogen-bond acceptors (Lipinski definition) is 6. The number of benzene rings is 1. The van der Waals surface area contributed by atoms with Crippen LogP contribution in [-0.2, 0) is 7.05 Å². The predicted molar refractivity (Wildman–Crippen MR) is 110 cm³/mol. The Hall–Kier alpha value is -3.52. The molecular formula is C19H17ClN6O2. The number of nitrogens with zero attached hydrogens (tertiary/aromatic N) is 3. The summed E-state index contributed by atoms with van der Waals surface area (Å²) < 4.78 is 6.77. The van der Waals surface area contributed by atoms with Gasteiger partial charge in [0.1, 0.15) is 17.0 Å². The number of aromatic amines is 1. The van der Waals surface area contributed by atoms with E-state index in [9.17, 15) is 4.79 Å². The Labute approximate surface area is 165 Å². The molecule has 0 radical (unpaired) electrons. The molecule has 1 aromatic carbocycles. The van der Waals surface area contributed by atoms with Crippen LogP contribution in [0.4, 0.5) is 23.0 Å². The summed E-state index contributed by atoms with van der Waals surface area (Å²) in [5, 5.41) is 10.2. The van der Waals surface area contributed by atoms with Gasteiger partial charge in [-0.1, -0.05) is 23.7 Å². The molecule has 0 atom stereocenters. The van der Waals surface area contributed by atoms with E-state index in [1.807, 2.05) is 24.3 Å². The topological polar surface area (TPSA) is 96.9 Å². The third-order valence-corrected chi connectivity index (χ3v) is 4.47. The molecule has 0 unspecified atom stereocenters. The van der Waals surface area contributed by atoms with E-state index in [-0.39, 0.29) is 5.56 Å². The Kier molecular flexibility index (Phi) is 4.62. The summed E-state index contributed by atoms with van der Waals surface area (Å²) in [4.78, 5) is 21.3. The standard InChI is InChI=1S/C19H17ClN6O2/c1-26-19(27)16-13(22-12-7-5-6-11(20)17(12)28-2)10-15(24-18(16)25-26)23-14-8-3-4-9-21-14/h3-10H,1-2H3,(H3,21,22,23,24,25). The third-order valence-electron chi connectivity index (χ3n) is 4.17. The molecule has 0 amide bonds. The fraction of sp³-hybridized carbons (Fsp3) is 0.105. The monoisotopic (exact) mass is 396 g/mol. The molecule has 0 aliphatic carbocycles. The second kappa shape index (κ2) is 7.24.